The zero-order valence-electron chi connectivity index (χ0n) is 7.43. The smallest absolute Gasteiger partial charge is 0.267 e. The monoisotopic (exact) mass is 222 g/mol. The van der Waals surface area contributed by atoms with Crippen LogP contribution in [0.5, 0.6) is 5.75 Å². The predicted molar refractivity (Wildman–Crippen MR) is 49.7 cm³/mol. The molecule has 0 aromatic carbocycles. The first kappa shape index (κ1) is 11.0. The van der Waals surface area contributed by atoms with Crippen molar-refractivity contribution in [2.24, 2.45) is 0 Å². The zero-order chi connectivity index (χ0) is 10.7. The lowest BCUT2D eigenvalue weighted by atomic mass is 10.2. The molecule has 0 radical (unpaired) electrons. The second-order valence-electron chi connectivity index (χ2n) is 2.56. The van der Waals surface area contributed by atoms with Crippen molar-refractivity contribution >= 4 is 17.4 Å². The SMILES string of the molecule is COc1c(C(F)F)cc(CCl)nc1N. The maximum Gasteiger partial charge on any atom is 0.267 e. The van der Waals surface area contributed by atoms with Gasteiger partial charge in [0.25, 0.3) is 6.43 Å². The van der Waals surface area contributed by atoms with E-state index >= 15 is 0 Å². The van der Waals surface area contributed by atoms with E-state index in [0.717, 1.165) is 0 Å². The average Bonchev–Trinajstić information content (AvgIpc) is 2.16. The fourth-order valence-electron chi connectivity index (χ4n) is 1.08. The molecule has 0 saturated heterocycles. The van der Waals surface area contributed by atoms with Crippen LogP contribution in [0.1, 0.15) is 17.7 Å². The molecular formula is C8H9ClF2N2O. The van der Waals surface area contributed by atoms with Gasteiger partial charge in [-0.15, -0.1) is 11.6 Å². The molecule has 0 unspecified atom stereocenters. The van der Waals surface area contributed by atoms with E-state index in [1.54, 1.807) is 0 Å². The maximum atomic E-state index is 12.5. The molecule has 0 bridgehead atoms. The van der Waals surface area contributed by atoms with Crippen LogP contribution in [0.3, 0.4) is 0 Å². The largest absolute Gasteiger partial charge is 0.492 e. The molecule has 1 rings (SSSR count). The Hall–Kier alpha value is -1.10. The summed E-state index contributed by atoms with van der Waals surface area (Å²) in [6.45, 7) is 0. The summed E-state index contributed by atoms with van der Waals surface area (Å²) in [6.07, 6.45) is -2.66. The van der Waals surface area contributed by atoms with E-state index in [-0.39, 0.29) is 23.0 Å². The summed E-state index contributed by atoms with van der Waals surface area (Å²) in [5.41, 5.74) is 5.44. The van der Waals surface area contributed by atoms with E-state index in [9.17, 15) is 8.78 Å². The fraction of sp³-hybridized carbons (Fsp3) is 0.375. The molecule has 0 saturated carbocycles. The van der Waals surface area contributed by atoms with Crippen molar-refractivity contribution in [3.63, 3.8) is 0 Å². The van der Waals surface area contributed by atoms with E-state index in [0.29, 0.717) is 5.69 Å². The molecule has 78 valence electrons. The predicted octanol–water partition coefficient (Wildman–Crippen LogP) is 2.35. The number of methoxy groups -OCH3 is 1. The Kier molecular flexibility index (Phi) is 3.46. The molecule has 0 aliphatic heterocycles. The highest BCUT2D eigenvalue weighted by atomic mass is 35.5. The lowest BCUT2D eigenvalue weighted by Crippen LogP contribution is -2.03. The van der Waals surface area contributed by atoms with Gasteiger partial charge < -0.3 is 10.5 Å². The molecule has 0 fully saturated rings. The number of hydrogen-bond acceptors (Lipinski definition) is 3. The highest BCUT2D eigenvalue weighted by Crippen LogP contribution is 2.33. The van der Waals surface area contributed by atoms with Gasteiger partial charge in [-0.05, 0) is 6.07 Å². The fourth-order valence-corrected chi connectivity index (χ4v) is 1.22. The summed E-state index contributed by atoms with van der Waals surface area (Å²) in [5.74, 6) is -0.122. The molecule has 0 aliphatic carbocycles. The first-order chi connectivity index (χ1) is 6.60. The van der Waals surface area contributed by atoms with Crippen LogP contribution in [0.15, 0.2) is 6.07 Å². The molecule has 0 atom stereocenters. The number of rotatable bonds is 3. The molecule has 0 amide bonds. The molecule has 0 aliphatic rings. The van der Waals surface area contributed by atoms with E-state index in [1.807, 2.05) is 0 Å². The Morgan fingerprint density at radius 3 is 2.71 bits per heavy atom. The third-order valence-electron chi connectivity index (χ3n) is 1.66. The van der Waals surface area contributed by atoms with Crippen molar-refractivity contribution in [1.82, 2.24) is 4.98 Å². The quantitative estimate of drug-likeness (QED) is 0.799. The number of nitrogen functional groups attached to an aromatic ring is 1. The third-order valence-corrected chi connectivity index (χ3v) is 1.93. The van der Waals surface area contributed by atoms with E-state index in [1.165, 1.54) is 13.2 Å². The summed E-state index contributed by atoms with van der Waals surface area (Å²) in [4.78, 5) is 3.79. The van der Waals surface area contributed by atoms with Gasteiger partial charge in [0.05, 0.1) is 24.2 Å². The van der Waals surface area contributed by atoms with Crippen molar-refractivity contribution in [1.29, 1.82) is 0 Å². The van der Waals surface area contributed by atoms with Crippen molar-refractivity contribution < 1.29 is 13.5 Å². The van der Waals surface area contributed by atoms with Gasteiger partial charge in [-0.2, -0.15) is 0 Å². The Morgan fingerprint density at radius 1 is 1.64 bits per heavy atom. The number of halogens is 3. The minimum Gasteiger partial charge on any atom is -0.492 e. The topological polar surface area (TPSA) is 48.1 Å². The average molecular weight is 223 g/mol. The Morgan fingerprint density at radius 2 is 2.29 bits per heavy atom. The lowest BCUT2D eigenvalue weighted by Gasteiger charge is -2.10. The molecule has 1 heterocycles. The zero-order valence-corrected chi connectivity index (χ0v) is 8.18. The van der Waals surface area contributed by atoms with Gasteiger partial charge in [-0.3, -0.25) is 0 Å². The van der Waals surface area contributed by atoms with Crippen LogP contribution >= 0.6 is 11.6 Å². The van der Waals surface area contributed by atoms with Crippen LogP contribution in [-0.2, 0) is 5.88 Å². The highest BCUT2D eigenvalue weighted by Gasteiger charge is 2.18. The Balaban J connectivity index is 3.28. The highest BCUT2D eigenvalue weighted by molar-refractivity contribution is 6.16. The Labute approximate surface area is 84.8 Å². The summed E-state index contributed by atoms with van der Waals surface area (Å²) < 4.78 is 29.7. The molecular weight excluding hydrogens is 214 g/mol. The van der Waals surface area contributed by atoms with Gasteiger partial charge in [-0.1, -0.05) is 0 Å². The normalized spacial score (nSPS) is 10.6. The van der Waals surface area contributed by atoms with Crippen LogP contribution in [0.4, 0.5) is 14.6 Å². The summed E-state index contributed by atoms with van der Waals surface area (Å²) in [7, 11) is 1.26. The van der Waals surface area contributed by atoms with Crippen molar-refractivity contribution in [2.75, 3.05) is 12.8 Å². The Bertz CT molecular complexity index is 333. The van der Waals surface area contributed by atoms with Crippen LogP contribution in [0.2, 0.25) is 0 Å². The summed E-state index contributed by atoms with van der Waals surface area (Å²) >= 11 is 5.47. The van der Waals surface area contributed by atoms with Gasteiger partial charge in [0.15, 0.2) is 11.6 Å². The molecule has 1 aromatic heterocycles. The molecule has 1 aromatic rings. The molecule has 2 N–H and O–H groups in total. The maximum absolute atomic E-state index is 12.5. The van der Waals surface area contributed by atoms with Gasteiger partial charge in [0.1, 0.15) is 0 Å². The minimum absolute atomic E-state index is 0.0356. The number of nitrogens with two attached hydrogens (primary N) is 1. The van der Waals surface area contributed by atoms with Gasteiger partial charge >= 0.3 is 0 Å². The number of alkyl halides is 3. The third kappa shape index (κ3) is 2.04. The number of pyridine rings is 1. The minimum atomic E-state index is -2.66. The van der Waals surface area contributed by atoms with E-state index < -0.39 is 6.43 Å². The van der Waals surface area contributed by atoms with E-state index in [2.05, 4.69) is 4.98 Å². The number of nitrogens with zero attached hydrogens (tertiary/aromatic N) is 1. The van der Waals surface area contributed by atoms with Crippen molar-refractivity contribution in [3.05, 3.63) is 17.3 Å². The van der Waals surface area contributed by atoms with E-state index in [4.69, 9.17) is 22.1 Å². The number of hydrogen-bond donors (Lipinski definition) is 1. The van der Waals surface area contributed by atoms with Gasteiger partial charge in [0.2, 0.25) is 0 Å². The number of anilines is 1. The number of aromatic nitrogens is 1. The van der Waals surface area contributed by atoms with Gasteiger partial charge in [-0.25, -0.2) is 13.8 Å². The molecule has 14 heavy (non-hydrogen) atoms. The first-order valence-corrected chi connectivity index (χ1v) is 4.31. The van der Waals surface area contributed by atoms with Crippen LogP contribution < -0.4 is 10.5 Å². The molecule has 6 heteroatoms. The van der Waals surface area contributed by atoms with Crippen LogP contribution in [0, 0.1) is 0 Å². The second kappa shape index (κ2) is 4.41. The van der Waals surface area contributed by atoms with Crippen molar-refractivity contribution in [2.45, 2.75) is 12.3 Å². The summed E-state index contributed by atoms with van der Waals surface area (Å²) in [5, 5.41) is 0. The van der Waals surface area contributed by atoms with Gasteiger partial charge in [0, 0.05) is 0 Å². The first-order valence-electron chi connectivity index (χ1n) is 3.77. The second-order valence-corrected chi connectivity index (χ2v) is 2.82. The molecule has 0 spiro atoms. The van der Waals surface area contributed by atoms with Crippen LogP contribution in [-0.4, -0.2) is 12.1 Å². The molecule has 3 nitrogen and oxygen atoms in total. The van der Waals surface area contributed by atoms with Crippen LogP contribution in [0.25, 0.3) is 0 Å². The standard InChI is InChI=1S/C8H9ClF2N2O/c1-14-6-5(7(10)11)2-4(3-9)13-8(6)12/h2,7H,3H2,1H3,(H2,12,13). The van der Waals surface area contributed by atoms with Crippen molar-refractivity contribution in [3.8, 4) is 5.75 Å². The number of ether oxygens (including phenoxy) is 1. The lowest BCUT2D eigenvalue weighted by molar-refractivity contribution is 0.147. The summed E-state index contributed by atoms with van der Waals surface area (Å²) in [6, 6.07) is 1.19.